The summed E-state index contributed by atoms with van der Waals surface area (Å²) in [6.07, 6.45) is 3.99. The maximum absolute atomic E-state index is 12.6. The van der Waals surface area contributed by atoms with Gasteiger partial charge >= 0.3 is 6.03 Å². The van der Waals surface area contributed by atoms with Crippen molar-refractivity contribution in [3.63, 3.8) is 0 Å². The predicted octanol–water partition coefficient (Wildman–Crippen LogP) is 2.59. The fourth-order valence-electron chi connectivity index (χ4n) is 3.03. The number of nitrogens with zero attached hydrogens (tertiary/aromatic N) is 2. The van der Waals surface area contributed by atoms with Crippen LogP contribution in [0.5, 0.6) is 0 Å². The minimum atomic E-state index is -0.319. The molecule has 2 heterocycles. The number of aromatic nitrogens is 2. The van der Waals surface area contributed by atoms with Gasteiger partial charge in [-0.1, -0.05) is 12.1 Å². The van der Waals surface area contributed by atoms with E-state index in [-0.39, 0.29) is 24.0 Å². The van der Waals surface area contributed by atoms with Crippen molar-refractivity contribution in [1.29, 1.82) is 0 Å². The molecule has 0 radical (unpaired) electrons. The monoisotopic (exact) mass is 370 g/mol. The summed E-state index contributed by atoms with van der Waals surface area (Å²) in [4.78, 5) is 24.5. The molecule has 144 valence electrons. The van der Waals surface area contributed by atoms with Gasteiger partial charge in [0.05, 0.1) is 17.4 Å². The number of amides is 3. The topological polar surface area (TPSA) is 100 Å². The summed E-state index contributed by atoms with van der Waals surface area (Å²) in [6, 6.07) is 8.76. The smallest absolute Gasteiger partial charge is 0.319 e. The summed E-state index contributed by atoms with van der Waals surface area (Å²) < 4.78 is 1.85. The minimum Gasteiger partial charge on any atom is -0.336 e. The molecule has 27 heavy (non-hydrogen) atoms. The van der Waals surface area contributed by atoms with Gasteiger partial charge in [-0.25, -0.2) is 4.79 Å². The van der Waals surface area contributed by atoms with E-state index in [1.807, 2.05) is 24.7 Å². The maximum Gasteiger partial charge on any atom is 0.319 e. The number of anilines is 2. The number of rotatable bonds is 5. The van der Waals surface area contributed by atoms with Crippen molar-refractivity contribution in [2.24, 2.45) is 0 Å². The first kappa shape index (κ1) is 18.9. The van der Waals surface area contributed by atoms with Gasteiger partial charge in [0.25, 0.3) is 5.91 Å². The van der Waals surface area contributed by atoms with Crippen molar-refractivity contribution >= 4 is 23.3 Å². The fourth-order valence-corrected chi connectivity index (χ4v) is 3.03. The molecule has 0 spiro atoms. The summed E-state index contributed by atoms with van der Waals surface area (Å²) in [6.45, 7) is 5.65. The van der Waals surface area contributed by atoms with Crippen LogP contribution in [0.15, 0.2) is 36.5 Å². The van der Waals surface area contributed by atoms with Gasteiger partial charge in [-0.2, -0.15) is 5.10 Å². The van der Waals surface area contributed by atoms with E-state index in [1.165, 1.54) is 0 Å². The summed E-state index contributed by atoms with van der Waals surface area (Å²) in [5.41, 5.74) is 1.40. The SMILES string of the molecule is CC(C)NC(=O)Nc1ccccc1NC(=O)c1ccn(C2CCCNC2)n1. The maximum atomic E-state index is 12.6. The highest BCUT2D eigenvalue weighted by molar-refractivity contribution is 6.06. The van der Waals surface area contributed by atoms with Crippen LogP contribution in [0.25, 0.3) is 0 Å². The first-order valence-corrected chi connectivity index (χ1v) is 9.26. The molecule has 8 heteroatoms. The van der Waals surface area contributed by atoms with Crippen LogP contribution in [0.1, 0.15) is 43.2 Å². The van der Waals surface area contributed by atoms with E-state index in [0.29, 0.717) is 17.1 Å². The number of hydrogen-bond donors (Lipinski definition) is 4. The molecule has 0 bridgehead atoms. The van der Waals surface area contributed by atoms with Gasteiger partial charge in [-0.05, 0) is 51.4 Å². The molecule has 1 fully saturated rings. The zero-order valence-corrected chi connectivity index (χ0v) is 15.7. The van der Waals surface area contributed by atoms with E-state index >= 15 is 0 Å². The lowest BCUT2D eigenvalue weighted by molar-refractivity contribution is 0.102. The number of nitrogens with one attached hydrogen (secondary N) is 4. The lowest BCUT2D eigenvalue weighted by Crippen LogP contribution is -2.34. The van der Waals surface area contributed by atoms with E-state index in [1.54, 1.807) is 30.3 Å². The highest BCUT2D eigenvalue weighted by Gasteiger charge is 2.18. The molecule has 8 nitrogen and oxygen atoms in total. The van der Waals surface area contributed by atoms with Crippen LogP contribution in [0.2, 0.25) is 0 Å². The Morgan fingerprint density at radius 2 is 1.93 bits per heavy atom. The minimum absolute atomic E-state index is 0.0185. The summed E-state index contributed by atoms with van der Waals surface area (Å²) in [5.74, 6) is -0.309. The molecule has 1 unspecified atom stereocenters. The molecular formula is C19H26N6O2. The third-order valence-electron chi connectivity index (χ3n) is 4.33. The Balaban J connectivity index is 1.67. The Labute approximate surface area is 158 Å². The number of carbonyl (C=O) groups excluding carboxylic acids is 2. The van der Waals surface area contributed by atoms with Crippen molar-refractivity contribution < 1.29 is 9.59 Å². The van der Waals surface area contributed by atoms with Gasteiger partial charge in [-0.15, -0.1) is 0 Å². The lowest BCUT2D eigenvalue weighted by atomic mass is 10.1. The second-order valence-electron chi connectivity index (χ2n) is 6.93. The average Bonchev–Trinajstić information content (AvgIpc) is 3.14. The third-order valence-corrected chi connectivity index (χ3v) is 4.33. The third kappa shape index (κ3) is 5.07. The van der Waals surface area contributed by atoms with Crippen molar-refractivity contribution in [2.45, 2.75) is 38.8 Å². The molecule has 1 atom stereocenters. The van der Waals surface area contributed by atoms with Gasteiger partial charge < -0.3 is 21.3 Å². The zero-order chi connectivity index (χ0) is 19.2. The predicted molar refractivity (Wildman–Crippen MR) is 105 cm³/mol. The molecule has 1 saturated heterocycles. The number of hydrogen-bond acceptors (Lipinski definition) is 4. The van der Waals surface area contributed by atoms with Gasteiger partial charge in [0, 0.05) is 18.8 Å². The van der Waals surface area contributed by atoms with Crippen LogP contribution < -0.4 is 21.3 Å². The molecule has 1 aliphatic heterocycles. The largest absolute Gasteiger partial charge is 0.336 e. The van der Waals surface area contributed by atoms with Crippen LogP contribution in [0.3, 0.4) is 0 Å². The number of urea groups is 1. The van der Waals surface area contributed by atoms with E-state index < -0.39 is 0 Å². The first-order valence-electron chi connectivity index (χ1n) is 9.26. The Kier molecular flexibility index (Phi) is 6.08. The Bertz CT molecular complexity index is 795. The Hall–Kier alpha value is -2.87. The van der Waals surface area contributed by atoms with Crippen molar-refractivity contribution in [3.8, 4) is 0 Å². The lowest BCUT2D eigenvalue weighted by Gasteiger charge is -2.22. The molecule has 2 aromatic rings. The molecule has 0 aliphatic carbocycles. The normalized spacial score (nSPS) is 16.8. The first-order chi connectivity index (χ1) is 13.0. The second-order valence-corrected chi connectivity index (χ2v) is 6.93. The highest BCUT2D eigenvalue weighted by Crippen LogP contribution is 2.22. The number of piperidine rings is 1. The Morgan fingerprint density at radius 1 is 1.19 bits per heavy atom. The van der Waals surface area contributed by atoms with E-state index in [0.717, 1.165) is 25.9 Å². The van der Waals surface area contributed by atoms with Crippen LogP contribution in [0.4, 0.5) is 16.2 Å². The van der Waals surface area contributed by atoms with E-state index in [4.69, 9.17) is 0 Å². The zero-order valence-electron chi connectivity index (χ0n) is 15.7. The second kappa shape index (κ2) is 8.68. The van der Waals surface area contributed by atoms with Gasteiger partial charge in [0.1, 0.15) is 0 Å². The highest BCUT2D eigenvalue weighted by atomic mass is 16.2. The molecule has 3 rings (SSSR count). The number of carbonyl (C=O) groups is 2. The van der Waals surface area contributed by atoms with Crippen LogP contribution >= 0.6 is 0 Å². The van der Waals surface area contributed by atoms with E-state index in [9.17, 15) is 9.59 Å². The summed E-state index contributed by atoms with van der Waals surface area (Å²) in [5, 5.41) is 16.1. The van der Waals surface area contributed by atoms with Crippen molar-refractivity contribution in [1.82, 2.24) is 20.4 Å². The summed E-state index contributed by atoms with van der Waals surface area (Å²) >= 11 is 0. The molecule has 1 aromatic carbocycles. The molecule has 3 amide bonds. The van der Waals surface area contributed by atoms with Gasteiger partial charge in [0.2, 0.25) is 0 Å². The number of benzene rings is 1. The quantitative estimate of drug-likeness (QED) is 0.650. The molecule has 1 aliphatic rings. The summed E-state index contributed by atoms with van der Waals surface area (Å²) in [7, 11) is 0. The Morgan fingerprint density at radius 3 is 2.59 bits per heavy atom. The van der Waals surface area contributed by atoms with Crippen LogP contribution in [0, 0.1) is 0 Å². The van der Waals surface area contributed by atoms with Crippen LogP contribution in [-0.2, 0) is 0 Å². The standard InChI is InChI=1S/C19H26N6O2/c1-13(2)21-19(27)23-16-8-4-3-7-15(16)22-18(26)17-9-11-25(24-17)14-6-5-10-20-12-14/h3-4,7-9,11,13-14,20H,5-6,10,12H2,1-2H3,(H,22,26)(H2,21,23,27). The number of para-hydroxylation sites is 2. The van der Waals surface area contributed by atoms with Gasteiger partial charge in [0.15, 0.2) is 5.69 Å². The van der Waals surface area contributed by atoms with E-state index in [2.05, 4.69) is 26.4 Å². The molecule has 1 aromatic heterocycles. The van der Waals surface area contributed by atoms with Crippen molar-refractivity contribution in [2.75, 3.05) is 23.7 Å². The van der Waals surface area contributed by atoms with Crippen LogP contribution in [-0.4, -0.2) is 40.9 Å². The molecule has 0 saturated carbocycles. The van der Waals surface area contributed by atoms with Crippen molar-refractivity contribution in [3.05, 3.63) is 42.2 Å². The molecular weight excluding hydrogens is 344 g/mol. The average molecular weight is 370 g/mol. The van der Waals surface area contributed by atoms with Gasteiger partial charge in [-0.3, -0.25) is 9.48 Å². The fraction of sp³-hybridized carbons (Fsp3) is 0.421. The molecule has 4 N–H and O–H groups in total.